The molecule has 7 nitrogen and oxygen atoms in total. The van der Waals surface area contributed by atoms with Crippen LogP contribution < -0.4 is 16.2 Å². The Bertz CT molecular complexity index is 716. The third kappa shape index (κ3) is 5.42. The molecule has 0 saturated carbocycles. The summed E-state index contributed by atoms with van der Waals surface area (Å²) in [6.45, 7) is 7.83. The summed E-state index contributed by atoms with van der Waals surface area (Å²) < 4.78 is 5.83. The largest absolute Gasteiger partial charge is 0.492 e. The number of aromatic nitrogens is 2. The highest BCUT2D eigenvalue weighted by Gasteiger charge is 2.11. The molecule has 0 spiro atoms. The molecule has 2 aromatic rings. The molecular formula is C18H25N5O2. The Hall–Kier alpha value is -2.67. The van der Waals surface area contributed by atoms with Gasteiger partial charge in [-0.1, -0.05) is 26.0 Å². The van der Waals surface area contributed by atoms with E-state index in [-0.39, 0.29) is 11.5 Å². The molecule has 7 heteroatoms. The Morgan fingerprint density at radius 1 is 1.28 bits per heavy atom. The first-order valence-electron chi connectivity index (χ1n) is 8.38. The molecule has 25 heavy (non-hydrogen) atoms. The summed E-state index contributed by atoms with van der Waals surface area (Å²) >= 11 is 0. The van der Waals surface area contributed by atoms with Gasteiger partial charge in [-0.05, 0) is 30.8 Å². The maximum Gasteiger partial charge on any atom is 0.271 e. The fourth-order valence-electron chi connectivity index (χ4n) is 2.49. The van der Waals surface area contributed by atoms with Gasteiger partial charge in [0.2, 0.25) is 0 Å². The van der Waals surface area contributed by atoms with Gasteiger partial charge in [0.15, 0.2) is 11.5 Å². The van der Waals surface area contributed by atoms with Crippen molar-refractivity contribution in [3.05, 3.63) is 47.4 Å². The average molecular weight is 343 g/mol. The van der Waals surface area contributed by atoms with Gasteiger partial charge in [-0.3, -0.25) is 4.79 Å². The van der Waals surface area contributed by atoms with Gasteiger partial charge in [0.25, 0.3) is 5.91 Å². The third-order valence-electron chi connectivity index (χ3n) is 3.94. The number of nitrogen functional groups attached to an aromatic ring is 1. The van der Waals surface area contributed by atoms with Crippen LogP contribution in [0.4, 0.5) is 5.82 Å². The topological polar surface area (TPSA) is 107 Å². The number of likely N-dealkylation sites (N-methyl/N-ethyl adjacent to an activating group) is 1. The Kier molecular flexibility index (Phi) is 6.71. The van der Waals surface area contributed by atoms with Gasteiger partial charge in [-0.2, -0.15) is 0 Å². The molecule has 1 amide bonds. The van der Waals surface area contributed by atoms with Gasteiger partial charge in [-0.25, -0.2) is 9.97 Å². The van der Waals surface area contributed by atoms with Gasteiger partial charge >= 0.3 is 0 Å². The molecule has 4 N–H and O–H groups in total. The quantitative estimate of drug-likeness (QED) is 0.714. The molecule has 0 aliphatic carbocycles. The van der Waals surface area contributed by atoms with E-state index in [4.69, 9.17) is 16.2 Å². The molecule has 0 atom stereocenters. The van der Waals surface area contributed by atoms with E-state index >= 15 is 0 Å². The van der Waals surface area contributed by atoms with Crippen LogP contribution in [0.25, 0.3) is 0 Å². The zero-order valence-corrected chi connectivity index (χ0v) is 14.7. The van der Waals surface area contributed by atoms with E-state index in [1.165, 1.54) is 0 Å². The monoisotopic (exact) mass is 343 g/mol. The van der Waals surface area contributed by atoms with E-state index < -0.39 is 5.91 Å². The SMILES string of the molecule is CCN(CC)CCOc1cccc(Cc2cnc(N)c(C(N)=O)n2)c1. The van der Waals surface area contributed by atoms with E-state index in [0.717, 1.165) is 30.9 Å². The molecule has 1 aromatic heterocycles. The number of carbonyl (C=O) groups is 1. The molecule has 0 unspecified atom stereocenters. The summed E-state index contributed by atoms with van der Waals surface area (Å²) in [4.78, 5) is 21.8. The number of primary amides is 1. The Morgan fingerprint density at radius 3 is 2.72 bits per heavy atom. The highest BCUT2D eigenvalue weighted by molar-refractivity contribution is 5.94. The Morgan fingerprint density at radius 2 is 2.04 bits per heavy atom. The summed E-state index contributed by atoms with van der Waals surface area (Å²) in [5, 5.41) is 0. The zero-order valence-electron chi connectivity index (χ0n) is 14.7. The minimum Gasteiger partial charge on any atom is -0.492 e. The first-order valence-corrected chi connectivity index (χ1v) is 8.38. The second kappa shape index (κ2) is 8.98. The molecule has 1 aromatic carbocycles. The van der Waals surface area contributed by atoms with Crippen molar-refractivity contribution in [2.75, 3.05) is 32.0 Å². The molecule has 0 fully saturated rings. The van der Waals surface area contributed by atoms with Crippen molar-refractivity contribution in [2.24, 2.45) is 5.73 Å². The van der Waals surface area contributed by atoms with Crippen LogP contribution >= 0.6 is 0 Å². The fourth-order valence-corrected chi connectivity index (χ4v) is 2.49. The summed E-state index contributed by atoms with van der Waals surface area (Å²) in [5.41, 5.74) is 12.5. The van der Waals surface area contributed by atoms with Crippen molar-refractivity contribution in [2.45, 2.75) is 20.3 Å². The molecular weight excluding hydrogens is 318 g/mol. The second-order valence-corrected chi connectivity index (χ2v) is 5.66. The molecule has 0 aliphatic heterocycles. The predicted octanol–water partition coefficient (Wildman–Crippen LogP) is 1.47. The summed E-state index contributed by atoms with van der Waals surface area (Å²) in [7, 11) is 0. The van der Waals surface area contributed by atoms with Gasteiger partial charge in [0.05, 0.1) is 11.9 Å². The van der Waals surface area contributed by atoms with Crippen molar-refractivity contribution in [1.82, 2.24) is 14.9 Å². The van der Waals surface area contributed by atoms with Gasteiger partial charge in [-0.15, -0.1) is 0 Å². The lowest BCUT2D eigenvalue weighted by Gasteiger charge is -2.18. The number of rotatable bonds is 9. The third-order valence-corrected chi connectivity index (χ3v) is 3.94. The number of ether oxygens (including phenoxy) is 1. The van der Waals surface area contributed by atoms with Gasteiger partial charge < -0.3 is 21.1 Å². The molecule has 0 aliphatic rings. The van der Waals surface area contributed by atoms with Crippen LogP contribution in [-0.4, -0.2) is 47.0 Å². The lowest BCUT2D eigenvalue weighted by molar-refractivity contribution is 0.0996. The highest BCUT2D eigenvalue weighted by atomic mass is 16.5. The minimum atomic E-state index is -0.680. The zero-order chi connectivity index (χ0) is 18.2. The van der Waals surface area contributed by atoms with Crippen LogP contribution in [-0.2, 0) is 6.42 Å². The molecule has 134 valence electrons. The molecule has 0 radical (unpaired) electrons. The molecule has 2 rings (SSSR count). The van der Waals surface area contributed by atoms with E-state index in [1.807, 2.05) is 24.3 Å². The molecule has 0 bridgehead atoms. The Balaban J connectivity index is 2.02. The first-order chi connectivity index (χ1) is 12.0. The van der Waals surface area contributed by atoms with Gasteiger partial charge in [0, 0.05) is 13.0 Å². The first kappa shape index (κ1) is 18.7. The van der Waals surface area contributed by atoms with Crippen molar-refractivity contribution in [3.63, 3.8) is 0 Å². The van der Waals surface area contributed by atoms with Crippen LogP contribution in [0.5, 0.6) is 5.75 Å². The number of hydrogen-bond donors (Lipinski definition) is 2. The fraction of sp³-hybridized carbons (Fsp3) is 0.389. The van der Waals surface area contributed by atoms with E-state index in [9.17, 15) is 4.79 Å². The van der Waals surface area contributed by atoms with Crippen molar-refractivity contribution < 1.29 is 9.53 Å². The van der Waals surface area contributed by atoms with Crippen molar-refractivity contribution >= 4 is 11.7 Å². The Labute approximate surface area is 148 Å². The highest BCUT2D eigenvalue weighted by Crippen LogP contribution is 2.16. The predicted molar refractivity (Wildman–Crippen MR) is 97.5 cm³/mol. The second-order valence-electron chi connectivity index (χ2n) is 5.66. The number of benzene rings is 1. The van der Waals surface area contributed by atoms with Crippen LogP contribution in [0, 0.1) is 0 Å². The maximum atomic E-state index is 11.3. The van der Waals surface area contributed by atoms with Gasteiger partial charge in [0.1, 0.15) is 12.4 Å². The number of anilines is 1. The minimum absolute atomic E-state index is 0.00382. The van der Waals surface area contributed by atoms with Crippen LogP contribution in [0.2, 0.25) is 0 Å². The van der Waals surface area contributed by atoms with Crippen molar-refractivity contribution in [3.8, 4) is 5.75 Å². The lowest BCUT2D eigenvalue weighted by Crippen LogP contribution is -2.27. The number of amides is 1. The molecule has 1 heterocycles. The number of nitrogens with zero attached hydrogens (tertiary/aromatic N) is 3. The summed E-state index contributed by atoms with van der Waals surface area (Å²) in [5.74, 6) is 0.174. The average Bonchev–Trinajstić information content (AvgIpc) is 2.60. The maximum absolute atomic E-state index is 11.3. The van der Waals surface area contributed by atoms with E-state index in [0.29, 0.717) is 18.7 Å². The normalized spacial score (nSPS) is 10.8. The van der Waals surface area contributed by atoms with Crippen LogP contribution in [0.1, 0.15) is 35.6 Å². The van der Waals surface area contributed by atoms with Crippen LogP contribution in [0.3, 0.4) is 0 Å². The standard InChI is InChI=1S/C18H25N5O2/c1-3-23(4-2)8-9-25-15-7-5-6-13(11-15)10-14-12-21-17(19)16(22-14)18(20)24/h5-7,11-12H,3-4,8-10H2,1-2H3,(H2,19,21)(H2,20,24). The van der Waals surface area contributed by atoms with Crippen LogP contribution in [0.15, 0.2) is 30.5 Å². The smallest absolute Gasteiger partial charge is 0.271 e. The van der Waals surface area contributed by atoms with Crippen molar-refractivity contribution in [1.29, 1.82) is 0 Å². The summed E-state index contributed by atoms with van der Waals surface area (Å²) in [6.07, 6.45) is 2.07. The number of nitrogens with two attached hydrogens (primary N) is 2. The number of carbonyl (C=O) groups excluding carboxylic acids is 1. The number of hydrogen-bond acceptors (Lipinski definition) is 6. The lowest BCUT2D eigenvalue weighted by atomic mass is 10.1. The van der Waals surface area contributed by atoms with E-state index in [2.05, 4.69) is 28.7 Å². The summed E-state index contributed by atoms with van der Waals surface area (Å²) in [6, 6.07) is 7.79. The molecule has 0 saturated heterocycles. The van der Waals surface area contributed by atoms with E-state index in [1.54, 1.807) is 6.20 Å².